The number of aliphatic imine (C=N–C) groups is 1. The molecule has 1 unspecified atom stereocenters. The highest BCUT2D eigenvalue weighted by atomic mass is 16.3. The third-order valence-corrected chi connectivity index (χ3v) is 1.93. The van der Waals surface area contributed by atoms with Crippen molar-refractivity contribution in [1.29, 1.82) is 0 Å². The van der Waals surface area contributed by atoms with Crippen molar-refractivity contribution in [3.8, 4) is 0 Å². The minimum absolute atomic E-state index is 0.0281. The molecule has 4 heteroatoms. The zero-order valence-corrected chi connectivity index (χ0v) is 7.29. The van der Waals surface area contributed by atoms with Crippen LogP contribution < -0.4 is 11.1 Å². The molecule has 1 aliphatic rings. The lowest BCUT2D eigenvalue weighted by molar-refractivity contribution is 0.266. The molecule has 0 saturated carbocycles. The molecule has 1 aliphatic heterocycles. The summed E-state index contributed by atoms with van der Waals surface area (Å²) in [6.07, 6.45) is 3.43. The lowest BCUT2D eigenvalue weighted by Gasteiger charge is -2.15. The predicted molar refractivity (Wildman–Crippen MR) is 49.2 cm³/mol. The average molecular weight is 171 g/mol. The van der Waals surface area contributed by atoms with Crippen molar-refractivity contribution in [2.75, 3.05) is 19.7 Å². The third kappa shape index (κ3) is 3.19. The first kappa shape index (κ1) is 9.48. The van der Waals surface area contributed by atoms with Crippen molar-refractivity contribution in [2.24, 2.45) is 10.7 Å². The molecule has 0 spiro atoms. The van der Waals surface area contributed by atoms with Gasteiger partial charge in [0.2, 0.25) is 0 Å². The SMILES string of the molecule is NC(CO)CNC1=NCCCC1. The van der Waals surface area contributed by atoms with Gasteiger partial charge in [-0.1, -0.05) is 0 Å². The summed E-state index contributed by atoms with van der Waals surface area (Å²) in [6.45, 7) is 1.58. The van der Waals surface area contributed by atoms with E-state index in [4.69, 9.17) is 10.8 Å². The van der Waals surface area contributed by atoms with E-state index in [0.29, 0.717) is 6.54 Å². The van der Waals surface area contributed by atoms with E-state index in [1.807, 2.05) is 0 Å². The van der Waals surface area contributed by atoms with E-state index in [9.17, 15) is 0 Å². The van der Waals surface area contributed by atoms with E-state index in [1.165, 1.54) is 12.8 Å². The highest BCUT2D eigenvalue weighted by Gasteiger charge is 2.05. The number of amidine groups is 1. The number of rotatable bonds is 3. The fourth-order valence-electron chi connectivity index (χ4n) is 1.16. The summed E-state index contributed by atoms with van der Waals surface area (Å²) in [6, 6.07) is -0.172. The van der Waals surface area contributed by atoms with Gasteiger partial charge in [-0.3, -0.25) is 4.99 Å². The lowest BCUT2D eigenvalue weighted by atomic mass is 10.2. The molecule has 0 bridgehead atoms. The summed E-state index contributed by atoms with van der Waals surface area (Å²) in [7, 11) is 0. The van der Waals surface area contributed by atoms with Crippen LogP contribution in [0.2, 0.25) is 0 Å². The Morgan fingerprint density at radius 3 is 3.00 bits per heavy atom. The third-order valence-electron chi connectivity index (χ3n) is 1.93. The van der Waals surface area contributed by atoms with E-state index in [0.717, 1.165) is 18.8 Å². The van der Waals surface area contributed by atoms with Crippen LogP contribution in [0, 0.1) is 0 Å². The molecule has 12 heavy (non-hydrogen) atoms. The quantitative estimate of drug-likeness (QED) is 0.535. The van der Waals surface area contributed by atoms with E-state index < -0.39 is 0 Å². The van der Waals surface area contributed by atoms with Crippen LogP contribution in [0.15, 0.2) is 4.99 Å². The summed E-state index contributed by atoms with van der Waals surface area (Å²) in [5.41, 5.74) is 5.52. The number of aliphatic hydroxyl groups excluding tert-OH is 1. The number of aliphatic hydroxyl groups is 1. The van der Waals surface area contributed by atoms with Crippen LogP contribution >= 0.6 is 0 Å². The summed E-state index contributed by atoms with van der Waals surface area (Å²) < 4.78 is 0. The van der Waals surface area contributed by atoms with Gasteiger partial charge in [0.1, 0.15) is 0 Å². The van der Waals surface area contributed by atoms with Crippen molar-refractivity contribution < 1.29 is 5.11 Å². The molecular formula is C8H17N3O. The van der Waals surface area contributed by atoms with E-state index in [-0.39, 0.29) is 12.6 Å². The van der Waals surface area contributed by atoms with Gasteiger partial charge in [0.05, 0.1) is 12.4 Å². The molecule has 1 heterocycles. The highest BCUT2D eigenvalue weighted by molar-refractivity contribution is 5.82. The second kappa shape index (κ2) is 5.11. The van der Waals surface area contributed by atoms with Crippen LogP contribution in [0.5, 0.6) is 0 Å². The van der Waals surface area contributed by atoms with Crippen LogP contribution in [-0.2, 0) is 0 Å². The maximum atomic E-state index is 8.66. The molecule has 4 N–H and O–H groups in total. The van der Waals surface area contributed by atoms with Crippen LogP contribution in [0.1, 0.15) is 19.3 Å². The van der Waals surface area contributed by atoms with Gasteiger partial charge in [-0.05, 0) is 12.8 Å². The molecule has 0 saturated heterocycles. The smallest absolute Gasteiger partial charge is 0.0963 e. The second-order valence-electron chi connectivity index (χ2n) is 3.11. The van der Waals surface area contributed by atoms with Gasteiger partial charge in [0.15, 0.2) is 0 Å². The van der Waals surface area contributed by atoms with E-state index in [1.54, 1.807) is 0 Å². The Morgan fingerprint density at radius 2 is 2.42 bits per heavy atom. The van der Waals surface area contributed by atoms with Crippen molar-refractivity contribution in [1.82, 2.24) is 5.32 Å². The molecule has 1 atom stereocenters. The Kier molecular flexibility index (Phi) is 4.04. The Labute approximate surface area is 72.9 Å². The summed E-state index contributed by atoms with van der Waals surface area (Å²) in [5, 5.41) is 11.8. The Morgan fingerprint density at radius 1 is 1.58 bits per heavy atom. The molecule has 0 fully saturated rings. The molecular weight excluding hydrogens is 154 g/mol. The number of hydrogen-bond acceptors (Lipinski definition) is 4. The largest absolute Gasteiger partial charge is 0.395 e. The average Bonchev–Trinajstić information content (AvgIpc) is 2.16. The normalized spacial score (nSPS) is 20.0. The zero-order chi connectivity index (χ0) is 8.81. The number of nitrogens with zero attached hydrogens (tertiary/aromatic N) is 1. The Bertz CT molecular complexity index is 158. The minimum atomic E-state index is -0.172. The first-order valence-corrected chi connectivity index (χ1v) is 4.46. The monoisotopic (exact) mass is 171 g/mol. The maximum absolute atomic E-state index is 8.66. The molecule has 1 rings (SSSR count). The Balaban J connectivity index is 2.17. The summed E-state index contributed by atoms with van der Waals surface area (Å²) in [4.78, 5) is 4.30. The fourth-order valence-corrected chi connectivity index (χ4v) is 1.16. The van der Waals surface area contributed by atoms with Crippen molar-refractivity contribution in [2.45, 2.75) is 25.3 Å². The molecule has 0 amide bonds. The topological polar surface area (TPSA) is 70.6 Å². The fraction of sp³-hybridized carbons (Fsp3) is 0.875. The van der Waals surface area contributed by atoms with Crippen molar-refractivity contribution in [3.05, 3.63) is 0 Å². The first-order chi connectivity index (χ1) is 5.83. The maximum Gasteiger partial charge on any atom is 0.0963 e. The van der Waals surface area contributed by atoms with Gasteiger partial charge in [0.25, 0.3) is 0 Å². The standard InChI is InChI=1S/C8H17N3O/c9-7(6-12)5-11-8-3-1-2-4-10-8/h7,12H,1-6,9H2,(H,10,11). The predicted octanol–water partition coefficient (Wildman–Crippen LogP) is -0.522. The molecule has 0 aromatic rings. The minimum Gasteiger partial charge on any atom is -0.395 e. The second-order valence-corrected chi connectivity index (χ2v) is 3.11. The van der Waals surface area contributed by atoms with Gasteiger partial charge in [-0.2, -0.15) is 0 Å². The zero-order valence-electron chi connectivity index (χ0n) is 7.29. The number of nitrogens with one attached hydrogen (secondary N) is 1. The van der Waals surface area contributed by atoms with Crippen LogP contribution in [0.3, 0.4) is 0 Å². The number of hydrogen-bond donors (Lipinski definition) is 3. The molecule has 0 aromatic heterocycles. The van der Waals surface area contributed by atoms with Gasteiger partial charge in [-0.25, -0.2) is 0 Å². The molecule has 4 nitrogen and oxygen atoms in total. The van der Waals surface area contributed by atoms with Crippen LogP contribution in [0.4, 0.5) is 0 Å². The van der Waals surface area contributed by atoms with Crippen molar-refractivity contribution in [3.63, 3.8) is 0 Å². The molecule has 0 radical (unpaired) electrons. The first-order valence-electron chi connectivity index (χ1n) is 4.46. The van der Waals surface area contributed by atoms with Gasteiger partial charge >= 0.3 is 0 Å². The molecule has 0 aromatic carbocycles. The molecule has 70 valence electrons. The van der Waals surface area contributed by atoms with Gasteiger partial charge in [0, 0.05) is 25.6 Å². The van der Waals surface area contributed by atoms with Crippen molar-refractivity contribution >= 4 is 5.84 Å². The summed E-state index contributed by atoms with van der Waals surface area (Å²) in [5.74, 6) is 1.05. The van der Waals surface area contributed by atoms with E-state index >= 15 is 0 Å². The van der Waals surface area contributed by atoms with Gasteiger partial charge in [-0.15, -0.1) is 0 Å². The highest BCUT2D eigenvalue weighted by Crippen LogP contribution is 2.03. The van der Waals surface area contributed by atoms with Crippen LogP contribution in [0.25, 0.3) is 0 Å². The Hall–Kier alpha value is -0.610. The van der Waals surface area contributed by atoms with Gasteiger partial charge < -0.3 is 16.2 Å². The molecule has 0 aliphatic carbocycles. The summed E-state index contributed by atoms with van der Waals surface area (Å²) >= 11 is 0. The number of nitrogens with two attached hydrogens (primary N) is 1. The van der Waals surface area contributed by atoms with E-state index in [2.05, 4.69) is 10.3 Å². The van der Waals surface area contributed by atoms with Crippen LogP contribution in [-0.4, -0.2) is 36.7 Å². The lowest BCUT2D eigenvalue weighted by Crippen LogP contribution is -2.40.